The number of aromatic carboxylic acids is 1. The van der Waals surface area contributed by atoms with Gasteiger partial charge < -0.3 is 5.11 Å². The van der Waals surface area contributed by atoms with E-state index in [1.807, 2.05) is 0 Å². The van der Waals surface area contributed by atoms with Gasteiger partial charge in [-0.15, -0.1) is 0 Å². The number of carboxylic acid groups (broad SMARTS) is 1. The van der Waals surface area contributed by atoms with E-state index in [1.165, 1.54) is 18.5 Å². The van der Waals surface area contributed by atoms with Gasteiger partial charge in [0.15, 0.2) is 0 Å². The molecular weight excluding hydrogens is 369 g/mol. The van der Waals surface area contributed by atoms with Crippen LogP contribution in [0.1, 0.15) is 10.4 Å². The zero-order valence-electron chi connectivity index (χ0n) is 9.07. The zero-order chi connectivity index (χ0) is 14.4. The maximum Gasteiger partial charge on any atom is 0.337 e. The van der Waals surface area contributed by atoms with Crippen molar-refractivity contribution in [3.63, 3.8) is 0 Å². The van der Waals surface area contributed by atoms with E-state index in [4.69, 9.17) is 14.2 Å². The molecule has 0 spiro atoms. The molecule has 0 bridgehead atoms. The number of carboxylic acids is 1. The van der Waals surface area contributed by atoms with Gasteiger partial charge in [-0.2, -0.15) is 16.8 Å². The molecule has 0 aliphatic heterocycles. The molecule has 0 unspecified atom stereocenters. The van der Waals surface area contributed by atoms with Crippen molar-refractivity contribution < 1.29 is 35.8 Å². The van der Waals surface area contributed by atoms with Gasteiger partial charge in [-0.25, -0.2) is 4.79 Å². The van der Waals surface area contributed by atoms with Crippen molar-refractivity contribution in [2.24, 2.45) is 0 Å². The third-order valence-corrected chi connectivity index (χ3v) is 3.59. The standard InChI is InChI=1S/C6H5NO2.CH4O6S2.Se/c8-6(9)5-2-1-3-7-4-5;2-8(3,4)1-9(5,6)7;/h1-4H,(H,8,9);1H2,(H,2,3,4)(H,5,6,7);. The van der Waals surface area contributed by atoms with Gasteiger partial charge in [-0.3, -0.25) is 14.1 Å². The van der Waals surface area contributed by atoms with Crippen LogP contribution in [0, 0.1) is 0 Å². The molecule has 0 atom stereocenters. The second-order valence-electron chi connectivity index (χ2n) is 2.83. The van der Waals surface area contributed by atoms with Crippen molar-refractivity contribution in [1.29, 1.82) is 0 Å². The molecule has 0 saturated carbocycles. The molecule has 0 aromatic carbocycles. The van der Waals surface area contributed by atoms with Gasteiger partial charge in [0.2, 0.25) is 5.08 Å². The van der Waals surface area contributed by atoms with Gasteiger partial charge in [0.25, 0.3) is 20.2 Å². The average molecular weight is 378 g/mol. The molecule has 1 heterocycles. The first-order valence-corrected chi connectivity index (χ1v) is 7.27. The van der Waals surface area contributed by atoms with Crippen LogP contribution in [-0.4, -0.2) is 64.2 Å². The van der Waals surface area contributed by atoms with E-state index in [0.29, 0.717) is 0 Å². The number of carbonyl (C=O) groups is 1. The molecule has 0 aliphatic rings. The second-order valence-corrected chi connectivity index (χ2v) is 6.10. The Hall–Kier alpha value is -1.04. The normalized spacial score (nSPS) is 10.6. The smallest absolute Gasteiger partial charge is 0.337 e. The Labute approximate surface area is 119 Å². The van der Waals surface area contributed by atoms with E-state index in [2.05, 4.69) is 4.98 Å². The largest absolute Gasteiger partial charge is 0.478 e. The maximum absolute atomic E-state index is 10.2. The predicted molar refractivity (Wildman–Crippen MR) is 64.9 cm³/mol. The van der Waals surface area contributed by atoms with Crippen molar-refractivity contribution in [2.45, 2.75) is 0 Å². The first-order chi connectivity index (χ1) is 8.01. The fourth-order valence-corrected chi connectivity index (χ4v) is 2.18. The molecule has 0 saturated heterocycles. The topological polar surface area (TPSA) is 159 Å². The molecule has 19 heavy (non-hydrogen) atoms. The fraction of sp³-hybridized carbons (Fsp3) is 0.143. The van der Waals surface area contributed by atoms with Crippen LogP contribution in [0.4, 0.5) is 0 Å². The van der Waals surface area contributed by atoms with Gasteiger partial charge in [0.1, 0.15) is 0 Å². The summed E-state index contributed by atoms with van der Waals surface area (Å²) in [6.45, 7) is 0. The SMILES string of the molecule is O=C(O)c1cccnc1.O=S(=O)(O)CS(=O)(=O)O.[Se]. The Morgan fingerprint density at radius 3 is 1.79 bits per heavy atom. The summed E-state index contributed by atoms with van der Waals surface area (Å²) in [6, 6.07) is 3.08. The quantitative estimate of drug-likeness (QED) is 0.448. The summed E-state index contributed by atoms with van der Waals surface area (Å²) in [6.07, 6.45) is 2.84. The fourth-order valence-electron chi connectivity index (χ4n) is 0.677. The molecule has 9 nitrogen and oxygen atoms in total. The Bertz CT molecular complexity index is 567. The average Bonchev–Trinajstić information content (AvgIpc) is 2.14. The minimum atomic E-state index is -4.62. The van der Waals surface area contributed by atoms with E-state index < -0.39 is 31.3 Å². The third-order valence-electron chi connectivity index (χ3n) is 1.21. The van der Waals surface area contributed by atoms with E-state index in [0.717, 1.165) is 0 Å². The number of rotatable bonds is 3. The van der Waals surface area contributed by atoms with E-state index in [1.54, 1.807) is 6.07 Å². The van der Waals surface area contributed by atoms with Gasteiger partial charge in [-0.05, 0) is 12.1 Å². The van der Waals surface area contributed by atoms with Crippen LogP contribution in [0.25, 0.3) is 0 Å². The zero-order valence-corrected chi connectivity index (χ0v) is 12.4. The summed E-state index contributed by atoms with van der Waals surface area (Å²) < 4.78 is 54.2. The van der Waals surface area contributed by atoms with Gasteiger partial charge in [0.05, 0.1) is 5.56 Å². The molecule has 0 fully saturated rings. The summed E-state index contributed by atoms with van der Waals surface area (Å²) in [5.74, 6) is -0.942. The summed E-state index contributed by atoms with van der Waals surface area (Å²) >= 11 is 0. The van der Waals surface area contributed by atoms with E-state index >= 15 is 0 Å². The van der Waals surface area contributed by atoms with E-state index in [9.17, 15) is 21.6 Å². The van der Waals surface area contributed by atoms with Crippen LogP contribution >= 0.6 is 0 Å². The number of hydrogen-bond donors (Lipinski definition) is 3. The molecular formula is C7H9NO8S2Se. The Morgan fingerprint density at radius 2 is 1.63 bits per heavy atom. The van der Waals surface area contributed by atoms with Crippen LogP contribution in [0.2, 0.25) is 0 Å². The van der Waals surface area contributed by atoms with Gasteiger partial charge >= 0.3 is 5.97 Å². The molecule has 3 N–H and O–H groups in total. The molecule has 2 radical (unpaired) electrons. The van der Waals surface area contributed by atoms with Crippen molar-refractivity contribution in [2.75, 3.05) is 5.08 Å². The van der Waals surface area contributed by atoms with Gasteiger partial charge in [0, 0.05) is 29.5 Å². The molecule has 108 valence electrons. The minimum Gasteiger partial charge on any atom is -0.478 e. The second kappa shape index (κ2) is 8.19. The van der Waals surface area contributed by atoms with E-state index in [-0.39, 0.29) is 22.6 Å². The molecule has 0 aliphatic carbocycles. The molecule has 12 heteroatoms. The molecule has 1 rings (SSSR count). The van der Waals surface area contributed by atoms with Crippen LogP contribution in [0.5, 0.6) is 0 Å². The van der Waals surface area contributed by atoms with Crippen molar-refractivity contribution in [3.05, 3.63) is 30.1 Å². The van der Waals surface area contributed by atoms with Crippen LogP contribution in [0.3, 0.4) is 0 Å². The maximum atomic E-state index is 10.2. The minimum absolute atomic E-state index is 0. The molecule has 0 amide bonds. The van der Waals surface area contributed by atoms with Crippen molar-refractivity contribution in [3.8, 4) is 0 Å². The van der Waals surface area contributed by atoms with Crippen LogP contribution < -0.4 is 0 Å². The Balaban J connectivity index is 0. The number of hydrogen-bond acceptors (Lipinski definition) is 6. The Morgan fingerprint density at radius 1 is 1.16 bits per heavy atom. The van der Waals surface area contributed by atoms with Crippen molar-refractivity contribution in [1.82, 2.24) is 4.98 Å². The Kier molecular flexibility index (Phi) is 8.75. The van der Waals surface area contributed by atoms with Crippen LogP contribution in [-0.2, 0) is 20.2 Å². The summed E-state index contributed by atoms with van der Waals surface area (Å²) in [4.78, 5) is 13.8. The summed E-state index contributed by atoms with van der Waals surface area (Å²) in [5, 5.41) is 6.69. The molecule has 1 aromatic heterocycles. The first kappa shape index (κ1) is 20.3. The number of aromatic nitrogens is 1. The van der Waals surface area contributed by atoms with Crippen molar-refractivity contribution >= 4 is 43.3 Å². The predicted octanol–water partition coefficient (Wildman–Crippen LogP) is -0.881. The van der Waals surface area contributed by atoms with Crippen LogP contribution in [0.15, 0.2) is 24.5 Å². The first-order valence-electron chi connectivity index (χ1n) is 4.05. The van der Waals surface area contributed by atoms with Gasteiger partial charge in [-0.1, -0.05) is 0 Å². The third kappa shape index (κ3) is 13.2. The molecule has 1 aromatic rings. The summed E-state index contributed by atoms with van der Waals surface area (Å²) in [7, 11) is -9.24. The monoisotopic (exact) mass is 379 g/mol. The number of pyridine rings is 1. The summed E-state index contributed by atoms with van der Waals surface area (Å²) in [5.41, 5.74) is 0.220. The number of nitrogens with zero attached hydrogens (tertiary/aromatic N) is 1.